The summed E-state index contributed by atoms with van der Waals surface area (Å²) in [6.07, 6.45) is 0. The Morgan fingerprint density at radius 1 is 0.933 bits per heavy atom. The molecule has 76 valence electrons. The molecule has 2 aromatic rings. The van der Waals surface area contributed by atoms with Crippen molar-refractivity contribution >= 4 is 22.6 Å². The molecule has 0 saturated carbocycles. The number of benzene rings is 2. The van der Waals surface area contributed by atoms with Gasteiger partial charge in [-0.1, -0.05) is 23.8 Å². The fraction of sp³-hybridized carbons (Fsp3) is 0.0769. The van der Waals surface area contributed by atoms with Crippen molar-refractivity contribution in [3.8, 4) is 11.5 Å². The monoisotopic (exact) mass is 310 g/mol. The van der Waals surface area contributed by atoms with Gasteiger partial charge in [0.25, 0.3) is 0 Å². The molecule has 0 aliphatic heterocycles. The van der Waals surface area contributed by atoms with Gasteiger partial charge in [-0.2, -0.15) is 0 Å². The summed E-state index contributed by atoms with van der Waals surface area (Å²) in [4.78, 5) is 0. The largest absolute Gasteiger partial charge is 0.457 e. The maximum absolute atomic E-state index is 5.71. The highest BCUT2D eigenvalue weighted by Crippen LogP contribution is 2.22. The van der Waals surface area contributed by atoms with Gasteiger partial charge in [-0.25, -0.2) is 0 Å². The summed E-state index contributed by atoms with van der Waals surface area (Å²) in [7, 11) is 0. The lowest BCUT2D eigenvalue weighted by atomic mass is 10.2. The average molecular weight is 310 g/mol. The Balaban J connectivity index is 2.18. The smallest absolute Gasteiger partial charge is 0.128 e. The SMILES string of the molecule is Cc1ccc(Oc2cccc(I)c2)cc1. The predicted molar refractivity (Wildman–Crippen MR) is 70.4 cm³/mol. The highest BCUT2D eigenvalue weighted by Gasteiger charge is 1.96. The minimum absolute atomic E-state index is 0.877. The Labute approximate surface area is 103 Å². The van der Waals surface area contributed by atoms with E-state index in [2.05, 4.69) is 29.5 Å². The third kappa shape index (κ3) is 2.96. The molecule has 0 spiro atoms. The molecule has 0 unspecified atom stereocenters. The molecule has 0 amide bonds. The molecular formula is C13H11IO. The van der Waals surface area contributed by atoms with Crippen molar-refractivity contribution in [1.82, 2.24) is 0 Å². The summed E-state index contributed by atoms with van der Waals surface area (Å²) in [5, 5.41) is 0. The highest BCUT2D eigenvalue weighted by molar-refractivity contribution is 14.1. The van der Waals surface area contributed by atoms with E-state index in [0.29, 0.717) is 0 Å². The first-order valence-corrected chi connectivity index (χ1v) is 5.82. The Morgan fingerprint density at radius 2 is 1.67 bits per heavy atom. The Hall–Kier alpha value is -1.03. The van der Waals surface area contributed by atoms with Gasteiger partial charge < -0.3 is 4.74 Å². The average Bonchev–Trinajstić information content (AvgIpc) is 2.22. The van der Waals surface area contributed by atoms with Gasteiger partial charge in [0.2, 0.25) is 0 Å². The van der Waals surface area contributed by atoms with Crippen LogP contribution in [0.3, 0.4) is 0 Å². The summed E-state index contributed by atoms with van der Waals surface area (Å²) in [5.74, 6) is 1.76. The van der Waals surface area contributed by atoms with E-state index < -0.39 is 0 Å². The molecule has 0 aliphatic rings. The van der Waals surface area contributed by atoms with Crippen LogP contribution < -0.4 is 4.74 Å². The standard InChI is InChI=1S/C13H11IO/c1-10-5-7-12(8-6-10)15-13-4-2-3-11(14)9-13/h2-9H,1H3. The minimum Gasteiger partial charge on any atom is -0.457 e. The van der Waals surface area contributed by atoms with Crippen LogP contribution >= 0.6 is 22.6 Å². The maximum atomic E-state index is 5.71. The van der Waals surface area contributed by atoms with Crippen molar-refractivity contribution in [2.24, 2.45) is 0 Å². The number of aryl methyl sites for hydroxylation is 1. The van der Waals surface area contributed by atoms with Crippen molar-refractivity contribution in [1.29, 1.82) is 0 Å². The Morgan fingerprint density at radius 3 is 2.33 bits per heavy atom. The normalized spacial score (nSPS) is 10.0. The van der Waals surface area contributed by atoms with Gasteiger partial charge >= 0.3 is 0 Å². The van der Waals surface area contributed by atoms with E-state index >= 15 is 0 Å². The molecule has 0 N–H and O–H groups in total. The van der Waals surface area contributed by atoms with Crippen molar-refractivity contribution in [2.45, 2.75) is 6.92 Å². The summed E-state index contributed by atoms with van der Waals surface area (Å²) in [6.45, 7) is 2.06. The molecule has 0 saturated heterocycles. The number of rotatable bonds is 2. The second-order valence-electron chi connectivity index (χ2n) is 3.37. The van der Waals surface area contributed by atoms with E-state index in [-0.39, 0.29) is 0 Å². The van der Waals surface area contributed by atoms with Crippen LogP contribution in [0, 0.1) is 10.5 Å². The molecular weight excluding hydrogens is 299 g/mol. The van der Waals surface area contributed by atoms with E-state index in [1.807, 2.05) is 48.5 Å². The van der Waals surface area contributed by atoms with E-state index in [1.165, 1.54) is 9.13 Å². The fourth-order valence-corrected chi connectivity index (χ4v) is 1.79. The van der Waals surface area contributed by atoms with Gasteiger partial charge in [-0.15, -0.1) is 0 Å². The van der Waals surface area contributed by atoms with Gasteiger partial charge in [0.1, 0.15) is 11.5 Å². The lowest BCUT2D eigenvalue weighted by molar-refractivity contribution is 0.482. The van der Waals surface area contributed by atoms with Gasteiger partial charge in [0, 0.05) is 3.57 Å². The quantitative estimate of drug-likeness (QED) is 0.748. The molecule has 2 heteroatoms. The third-order valence-electron chi connectivity index (χ3n) is 2.05. The molecule has 0 radical (unpaired) electrons. The van der Waals surface area contributed by atoms with E-state index in [1.54, 1.807) is 0 Å². The molecule has 2 rings (SSSR count). The summed E-state index contributed by atoms with van der Waals surface area (Å²) >= 11 is 2.27. The van der Waals surface area contributed by atoms with Gasteiger partial charge in [0.05, 0.1) is 0 Å². The number of halogens is 1. The maximum Gasteiger partial charge on any atom is 0.128 e. The first-order chi connectivity index (χ1) is 7.24. The first-order valence-electron chi connectivity index (χ1n) is 4.74. The van der Waals surface area contributed by atoms with Crippen LogP contribution in [-0.2, 0) is 0 Å². The summed E-state index contributed by atoms with van der Waals surface area (Å²) in [5.41, 5.74) is 1.24. The predicted octanol–water partition coefficient (Wildman–Crippen LogP) is 4.39. The van der Waals surface area contributed by atoms with Crippen molar-refractivity contribution in [3.05, 3.63) is 57.7 Å². The van der Waals surface area contributed by atoms with Crippen molar-refractivity contribution in [3.63, 3.8) is 0 Å². The van der Waals surface area contributed by atoms with Crippen molar-refractivity contribution in [2.75, 3.05) is 0 Å². The second-order valence-corrected chi connectivity index (χ2v) is 4.62. The lowest BCUT2D eigenvalue weighted by Crippen LogP contribution is -1.84. The van der Waals surface area contributed by atoms with Gasteiger partial charge in [-0.3, -0.25) is 0 Å². The number of hydrogen-bond acceptors (Lipinski definition) is 1. The van der Waals surface area contributed by atoms with Crippen LogP contribution in [0.5, 0.6) is 11.5 Å². The van der Waals surface area contributed by atoms with E-state index in [4.69, 9.17) is 4.74 Å². The zero-order chi connectivity index (χ0) is 10.7. The molecule has 0 bridgehead atoms. The van der Waals surface area contributed by atoms with Crippen molar-refractivity contribution < 1.29 is 4.74 Å². The lowest BCUT2D eigenvalue weighted by Gasteiger charge is -2.05. The minimum atomic E-state index is 0.877. The van der Waals surface area contributed by atoms with Crippen LogP contribution in [0.4, 0.5) is 0 Å². The highest BCUT2D eigenvalue weighted by atomic mass is 127. The Bertz CT molecular complexity index is 448. The van der Waals surface area contributed by atoms with Gasteiger partial charge in [0.15, 0.2) is 0 Å². The van der Waals surface area contributed by atoms with Gasteiger partial charge in [-0.05, 0) is 59.8 Å². The number of hydrogen-bond donors (Lipinski definition) is 0. The van der Waals surface area contributed by atoms with Crippen LogP contribution in [-0.4, -0.2) is 0 Å². The topological polar surface area (TPSA) is 9.23 Å². The molecule has 0 aliphatic carbocycles. The first kappa shape index (κ1) is 10.5. The summed E-state index contributed by atoms with van der Waals surface area (Å²) < 4.78 is 6.89. The fourth-order valence-electron chi connectivity index (χ4n) is 1.27. The van der Waals surface area contributed by atoms with Crippen LogP contribution in [0.2, 0.25) is 0 Å². The molecule has 2 aromatic carbocycles. The molecule has 0 aromatic heterocycles. The van der Waals surface area contributed by atoms with E-state index in [0.717, 1.165) is 11.5 Å². The third-order valence-corrected chi connectivity index (χ3v) is 2.72. The number of ether oxygens (including phenoxy) is 1. The molecule has 1 nitrogen and oxygen atoms in total. The van der Waals surface area contributed by atoms with Crippen LogP contribution in [0.1, 0.15) is 5.56 Å². The Kier molecular flexibility index (Phi) is 3.26. The van der Waals surface area contributed by atoms with Crippen LogP contribution in [0.15, 0.2) is 48.5 Å². The zero-order valence-electron chi connectivity index (χ0n) is 8.41. The molecule has 0 atom stereocenters. The second kappa shape index (κ2) is 4.66. The molecule has 0 heterocycles. The molecule has 0 fully saturated rings. The zero-order valence-corrected chi connectivity index (χ0v) is 10.6. The summed E-state index contributed by atoms with van der Waals surface area (Å²) in [6, 6.07) is 16.1. The molecule has 15 heavy (non-hydrogen) atoms. The van der Waals surface area contributed by atoms with E-state index in [9.17, 15) is 0 Å². The van der Waals surface area contributed by atoms with Crippen LogP contribution in [0.25, 0.3) is 0 Å².